The van der Waals surface area contributed by atoms with E-state index in [0.717, 1.165) is 55.1 Å². The van der Waals surface area contributed by atoms with Gasteiger partial charge in [0, 0.05) is 32.8 Å². The lowest BCUT2D eigenvalue weighted by Gasteiger charge is -2.13. The topological polar surface area (TPSA) is 51.8 Å². The number of benzene rings is 8. The van der Waals surface area contributed by atoms with E-state index in [9.17, 15) is 0 Å². The fourth-order valence-corrected chi connectivity index (χ4v) is 7.22. The number of hydrogen-bond donors (Lipinski definition) is 0. The molecule has 238 valence electrons. The van der Waals surface area contributed by atoms with Crippen LogP contribution in [-0.4, -0.2) is 15.0 Å². The van der Waals surface area contributed by atoms with Crippen LogP contribution in [0.2, 0.25) is 0 Å². The van der Waals surface area contributed by atoms with Gasteiger partial charge in [-0.1, -0.05) is 133 Å². The Morgan fingerprint density at radius 1 is 0.314 bits per heavy atom. The number of fused-ring (bicyclic) bond motifs is 10. The Bertz CT molecular complexity index is 2910. The zero-order valence-electron chi connectivity index (χ0n) is 27.5. The van der Waals surface area contributed by atoms with Crippen LogP contribution >= 0.6 is 0 Å². The molecule has 0 aliphatic carbocycles. The second-order valence-electron chi connectivity index (χ2n) is 12.4. The zero-order valence-corrected chi connectivity index (χ0v) is 27.5. The molecule has 2 aromatic heterocycles. The monoisotopic (exact) mass is 651 g/mol. The number of aromatic nitrogens is 3. The molecule has 0 aliphatic heterocycles. The minimum atomic E-state index is 0.635. The average molecular weight is 652 g/mol. The summed E-state index contributed by atoms with van der Waals surface area (Å²) >= 11 is 0. The van der Waals surface area contributed by atoms with Gasteiger partial charge in [0.05, 0.1) is 0 Å². The van der Waals surface area contributed by atoms with Gasteiger partial charge in [-0.3, -0.25) is 0 Å². The van der Waals surface area contributed by atoms with Crippen LogP contribution < -0.4 is 0 Å². The van der Waals surface area contributed by atoms with Gasteiger partial charge < -0.3 is 4.42 Å². The summed E-state index contributed by atoms with van der Waals surface area (Å²) in [5.41, 5.74) is 6.89. The molecule has 0 radical (unpaired) electrons. The summed E-state index contributed by atoms with van der Waals surface area (Å²) in [6, 6.07) is 56.8. The van der Waals surface area contributed by atoms with E-state index in [0.29, 0.717) is 17.5 Å². The summed E-state index contributed by atoms with van der Waals surface area (Å²) < 4.78 is 6.30. The van der Waals surface area contributed by atoms with Crippen molar-refractivity contribution in [2.45, 2.75) is 0 Å². The lowest BCUT2D eigenvalue weighted by molar-refractivity contribution is 0.669. The Balaban J connectivity index is 0.00000171. The number of furan rings is 1. The van der Waals surface area contributed by atoms with Crippen LogP contribution in [0.25, 0.3) is 99.5 Å². The highest BCUT2D eigenvalue weighted by Gasteiger charge is 2.18. The molecule has 0 unspecified atom stereocenters. The van der Waals surface area contributed by atoms with E-state index in [1.807, 2.05) is 48.5 Å². The normalized spacial score (nSPS) is 11.3. The summed E-state index contributed by atoms with van der Waals surface area (Å²) in [4.78, 5) is 15.2. The van der Waals surface area contributed by atoms with Crippen molar-refractivity contribution in [1.82, 2.24) is 15.0 Å². The van der Waals surface area contributed by atoms with E-state index in [2.05, 4.69) is 128 Å². The van der Waals surface area contributed by atoms with Gasteiger partial charge in [-0.25, -0.2) is 15.0 Å². The molecule has 10 aromatic rings. The largest absolute Gasteiger partial charge is 0.456 e. The maximum absolute atomic E-state index is 6.30. The third-order valence-corrected chi connectivity index (χ3v) is 9.49. The standard InChI is InChI=1S/C45H27N3O.C2H2/c1-3-12-28(13-4-1)30-16-11-17-31(26-30)44-46-43(29-14-5-2-6-15-29)47-45(48-44)32-22-23-34-36-24-25-40-42(37-20-9-10-21-39(37)49-40)41(36)35-19-8-7-18-33(35)38(34)27-32;1-2/h1-27H;1-2H. The third kappa shape index (κ3) is 5.08. The van der Waals surface area contributed by atoms with Crippen molar-refractivity contribution in [3.63, 3.8) is 0 Å². The van der Waals surface area contributed by atoms with Gasteiger partial charge in [-0.05, 0) is 68.4 Å². The van der Waals surface area contributed by atoms with Gasteiger partial charge in [0.25, 0.3) is 0 Å². The van der Waals surface area contributed by atoms with Gasteiger partial charge in [-0.15, -0.1) is 12.8 Å². The highest BCUT2D eigenvalue weighted by molar-refractivity contribution is 6.34. The van der Waals surface area contributed by atoms with Crippen LogP contribution in [0.5, 0.6) is 0 Å². The molecule has 4 nitrogen and oxygen atoms in total. The lowest BCUT2D eigenvalue weighted by atomic mass is 9.91. The Hall–Kier alpha value is -7.09. The minimum absolute atomic E-state index is 0.635. The Kier molecular flexibility index (Phi) is 7.30. The summed E-state index contributed by atoms with van der Waals surface area (Å²) in [6.45, 7) is 0. The first-order chi connectivity index (χ1) is 25.3. The summed E-state index contributed by atoms with van der Waals surface area (Å²) in [5.74, 6) is 1.92. The highest BCUT2D eigenvalue weighted by atomic mass is 16.3. The molecule has 0 spiro atoms. The van der Waals surface area contributed by atoms with Gasteiger partial charge in [0.1, 0.15) is 11.2 Å². The molecule has 0 N–H and O–H groups in total. The van der Waals surface area contributed by atoms with Crippen LogP contribution in [0.4, 0.5) is 0 Å². The fraction of sp³-hybridized carbons (Fsp3) is 0. The van der Waals surface area contributed by atoms with Crippen molar-refractivity contribution in [3.05, 3.63) is 164 Å². The van der Waals surface area contributed by atoms with E-state index in [1.165, 1.54) is 26.9 Å². The SMILES string of the molecule is C#C.c1ccc(-c2cccc(-c3nc(-c4ccccc4)nc(-c4ccc5c(c4)c4ccccc4c4c5ccc5oc6ccccc6c54)n3)c2)cc1. The van der Waals surface area contributed by atoms with Crippen molar-refractivity contribution in [2.75, 3.05) is 0 Å². The molecule has 0 fully saturated rings. The van der Waals surface area contributed by atoms with Crippen LogP contribution in [-0.2, 0) is 0 Å². The molecule has 0 aliphatic rings. The van der Waals surface area contributed by atoms with Crippen molar-refractivity contribution in [1.29, 1.82) is 0 Å². The molecular formula is C47H29N3O. The van der Waals surface area contributed by atoms with Gasteiger partial charge in [-0.2, -0.15) is 0 Å². The second kappa shape index (κ2) is 12.4. The van der Waals surface area contributed by atoms with E-state index in [-0.39, 0.29) is 0 Å². The second-order valence-corrected chi connectivity index (χ2v) is 12.4. The summed E-state index contributed by atoms with van der Waals surface area (Å²) in [5, 5.41) is 9.40. The zero-order chi connectivity index (χ0) is 34.3. The first kappa shape index (κ1) is 30.0. The first-order valence-corrected chi connectivity index (χ1v) is 16.8. The van der Waals surface area contributed by atoms with Crippen molar-refractivity contribution in [3.8, 4) is 58.1 Å². The molecule has 0 saturated carbocycles. The Labute approximate surface area is 294 Å². The molecule has 51 heavy (non-hydrogen) atoms. The first-order valence-electron chi connectivity index (χ1n) is 16.8. The van der Waals surface area contributed by atoms with E-state index in [4.69, 9.17) is 19.4 Å². The van der Waals surface area contributed by atoms with Gasteiger partial charge >= 0.3 is 0 Å². The Morgan fingerprint density at radius 3 is 1.57 bits per heavy atom. The quantitative estimate of drug-likeness (QED) is 0.140. The lowest BCUT2D eigenvalue weighted by Crippen LogP contribution is -2.00. The number of terminal acetylenes is 1. The van der Waals surface area contributed by atoms with Crippen molar-refractivity contribution < 1.29 is 4.42 Å². The summed E-state index contributed by atoms with van der Waals surface area (Å²) in [6.07, 6.45) is 8.00. The molecule has 2 heterocycles. The number of rotatable bonds is 4. The average Bonchev–Trinajstić information content (AvgIpc) is 3.61. The Morgan fingerprint density at radius 2 is 0.824 bits per heavy atom. The van der Waals surface area contributed by atoms with Gasteiger partial charge in [0.15, 0.2) is 17.5 Å². The van der Waals surface area contributed by atoms with Crippen LogP contribution in [0, 0.1) is 12.8 Å². The molecular weight excluding hydrogens is 623 g/mol. The molecule has 0 amide bonds. The number of hydrogen-bond acceptors (Lipinski definition) is 4. The molecule has 8 aromatic carbocycles. The number of para-hydroxylation sites is 1. The fourth-order valence-electron chi connectivity index (χ4n) is 7.22. The third-order valence-electron chi connectivity index (χ3n) is 9.49. The molecule has 0 bridgehead atoms. The van der Waals surface area contributed by atoms with E-state index >= 15 is 0 Å². The van der Waals surface area contributed by atoms with Crippen molar-refractivity contribution >= 4 is 54.3 Å². The summed E-state index contributed by atoms with van der Waals surface area (Å²) in [7, 11) is 0. The number of nitrogens with zero attached hydrogens (tertiary/aromatic N) is 3. The molecule has 10 rings (SSSR count). The predicted molar refractivity (Wildman–Crippen MR) is 211 cm³/mol. The van der Waals surface area contributed by atoms with Crippen molar-refractivity contribution in [2.24, 2.45) is 0 Å². The van der Waals surface area contributed by atoms with E-state index < -0.39 is 0 Å². The van der Waals surface area contributed by atoms with E-state index in [1.54, 1.807) is 0 Å². The maximum atomic E-state index is 6.30. The van der Waals surface area contributed by atoms with Crippen LogP contribution in [0.15, 0.2) is 168 Å². The molecule has 0 atom stereocenters. The predicted octanol–water partition coefficient (Wildman–Crippen LogP) is 12.1. The minimum Gasteiger partial charge on any atom is -0.456 e. The highest BCUT2D eigenvalue weighted by Crippen LogP contribution is 2.43. The smallest absolute Gasteiger partial charge is 0.164 e. The molecule has 0 saturated heterocycles. The molecule has 4 heteroatoms. The van der Waals surface area contributed by atoms with Gasteiger partial charge in [0.2, 0.25) is 0 Å². The maximum Gasteiger partial charge on any atom is 0.164 e. The van der Waals surface area contributed by atoms with Crippen LogP contribution in [0.1, 0.15) is 0 Å². The van der Waals surface area contributed by atoms with Crippen LogP contribution in [0.3, 0.4) is 0 Å².